The minimum Gasteiger partial charge on any atom is -0.458 e. The van der Waals surface area contributed by atoms with E-state index in [9.17, 15) is 5.26 Å². The van der Waals surface area contributed by atoms with Gasteiger partial charge in [0.15, 0.2) is 0 Å². The summed E-state index contributed by atoms with van der Waals surface area (Å²) < 4.78 is 6.94. The van der Waals surface area contributed by atoms with Gasteiger partial charge in [-0.2, -0.15) is 5.26 Å². The molecule has 0 aliphatic carbocycles. The lowest BCUT2D eigenvalue weighted by molar-refractivity contribution is 0.488. The molecule has 0 radical (unpaired) electrons. The molecule has 7 aromatic carbocycles. The molecule has 7 aromatic rings. The third kappa shape index (κ3) is 4.06. The van der Waals surface area contributed by atoms with Gasteiger partial charge in [-0.1, -0.05) is 109 Å². The van der Waals surface area contributed by atoms with E-state index in [2.05, 4.69) is 168 Å². The van der Waals surface area contributed by atoms with Gasteiger partial charge in [-0.15, -0.1) is 0 Å². The zero-order valence-electron chi connectivity index (χ0n) is 26.5. The van der Waals surface area contributed by atoms with Crippen LogP contribution in [0.4, 0.5) is 34.1 Å². The second-order valence-electron chi connectivity index (χ2n) is 12.8. The Bertz CT molecular complexity index is 2460. The van der Waals surface area contributed by atoms with Crippen molar-refractivity contribution in [2.75, 3.05) is 9.80 Å². The number of nitrogens with zero attached hydrogens (tertiary/aromatic N) is 3. The summed E-state index contributed by atoms with van der Waals surface area (Å²) in [6.45, 7) is -0.0648. The molecule has 6 heteroatoms. The van der Waals surface area contributed by atoms with Crippen LogP contribution in [-0.4, -0.2) is 13.4 Å². The van der Waals surface area contributed by atoms with Crippen LogP contribution in [0.2, 0.25) is 0 Å². The monoisotopic (exact) mass is 623 g/mol. The Morgan fingerprint density at radius 1 is 0.469 bits per heavy atom. The SMILES string of the molecule is N#Cc1ccc(N2c3ccccc3B(c3ccccc3)c3c2cc2c4c3N(c3ccccc3)c3ccccc3B4c3ccccc3O2)cc1. The Morgan fingerprint density at radius 3 is 1.76 bits per heavy atom. The van der Waals surface area contributed by atoms with Crippen LogP contribution >= 0.6 is 0 Å². The number of benzene rings is 7. The average molecular weight is 623 g/mol. The highest BCUT2D eigenvalue weighted by Crippen LogP contribution is 2.45. The van der Waals surface area contributed by atoms with Crippen molar-refractivity contribution >= 4 is 80.3 Å². The van der Waals surface area contributed by atoms with Crippen LogP contribution in [0.3, 0.4) is 0 Å². The molecular formula is C43H27B2N3O. The van der Waals surface area contributed by atoms with Crippen molar-refractivity contribution in [1.82, 2.24) is 0 Å². The highest BCUT2D eigenvalue weighted by atomic mass is 16.5. The molecule has 10 rings (SSSR count). The molecule has 49 heavy (non-hydrogen) atoms. The molecule has 0 bridgehead atoms. The first kappa shape index (κ1) is 27.7. The summed E-state index contributed by atoms with van der Waals surface area (Å²) in [5.41, 5.74) is 14.5. The fourth-order valence-electron chi connectivity index (χ4n) is 8.22. The smallest absolute Gasteiger partial charge is 0.256 e. The average Bonchev–Trinajstić information content (AvgIpc) is 3.17. The topological polar surface area (TPSA) is 39.5 Å². The molecule has 0 N–H and O–H groups in total. The van der Waals surface area contributed by atoms with E-state index in [4.69, 9.17) is 4.74 Å². The molecule has 3 aliphatic rings. The predicted molar refractivity (Wildman–Crippen MR) is 203 cm³/mol. The van der Waals surface area contributed by atoms with Crippen LogP contribution in [0.5, 0.6) is 11.5 Å². The number of para-hydroxylation sites is 4. The minimum absolute atomic E-state index is 0.00614. The maximum Gasteiger partial charge on any atom is 0.256 e. The van der Waals surface area contributed by atoms with Crippen LogP contribution in [0.15, 0.2) is 164 Å². The first-order chi connectivity index (χ1) is 24.3. The second kappa shape index (κ2) is 10.8. The summed E-state index contributed by atoms with van der Waals surface area (Å²) in [7, 11) is 0. The lowest BCUT2D eigenvalue weighted by Gasteiger charge is -2.45. The largest absolute Gasteiger partial charge is 0.458 e. The number of rotatable bonds is 3. The van der Waals surface area contributed by atoms with Crippen molar-refractivity contribution in [3.8, 4) is 17.6 Å². The molecule has 3 heterocycles. The Labute approximate surface area is 286 Å². The summed E-state index contributed by atoms with van der Waals surface area (Å²) in [6.07, 6.45) is 0. The van der Waals surface area contributed by atoms with Gasteiger partial charge in [0.05, 0.1) is 11.6 Å². The maximum atomic E-state index is 9.66. The third-order valence-electron chi connectivity index (χ3n) is 10.2. The molecule has 226 valence electrons. The highest BCUT2D eigenvalue weighted by Gasteiger charge is 2.47. The molecule has 3 aliphatic heterocycles. The van der Waals surface area contributed by atoms with Crippen molar-refractivity contribution in [2.45, 2.75) is 0 Å². The zero-order valence-corrected chi connectivity index (χ0v) is 26.5. The van der Waals surface area contributed by atoms with E-state index in [0.29, 0.717) is 5.56 Å². The van der Waals surface area contributed by atoms with Crippen LogP contribution in [0.25, 0.3) is 0 Å². The lowest BCUT2D eigenvalue weighted by Crippen LogP contribution is -2.65. The second-order valence-corrected chi connectivity index (χ2v) is 12.8. The predicted octanol–water partition coefficient (Wildman–Crippen LogP) is 6.26. The van der Waals surface area contributed by atoms with Crippen LogP contribution in [0.1, 0.15) is 5.56 Å². The quantitative estimate of drug-likeness (QED) is 0.218. The van der Waals surface area contributed by atoms with Crippen LogP contribution in [-0.2, 0) is 0 Å². The van der Waals surface area contributed by atoms with E-state index in [-0.39, 0.29) is 13.4 Å². The van der Waals surface area contributed by atoms with Gasteiger partial charge >= 0.3 is 0 Å². The molecule has 0 fully saturated rings. The highest BCUT2D eigenvalue weighted by molar-refractivity contribution is 7.03. The number of ether oxygens (including phenoxy) is 1. The Kier molecular flexibility index (Phi) is 6.10. The van der Waals surface area contributed by atoms with Crippen molar-refractivity contribution < 1.29 is 4.74 Å². The maximum absolute atomic E-state index is 9.66. The van der Waals surface area contributed by atoms with Gasteiger partial charge in [0, 0.05) is 40.2 Å². The summed E-state index contributed by atoms with van der Waals surface area (Å²) in [5.74, 6) is 1.74. The van der Waals surface area contributed by atoms with Gasteiger partial charge in [-0.25, -0.2) is 0 Å². The summed E-state index contributed by atoms with van der Waals surface area (Å²) >= 11 is 0. The van der Waals surface area contributed by atoms with Crippen molar-refractivity contribution in [3.05, 3.63) is 169 Å². The summed E-state index contributed by atoms with van der Waals surface area (Å²) in [4.78, 5) is 4.81. The first-order valence-corrected chi connectivity index (χ1v) is 16.7. The van der Waals surface area contributed by atoms with Crippen LogP contribution in [0, 0.1) is 11.3 Å². The van der Waals surface area contributed by atoms with Gasteiger partial charge in [0.1, 0.15) is 11.5 Å². The van der Waals surface area contributed by atoms with E-state index in [1.807, 2.05) is 12.1 Å². The summed E-state index contributed by atoms with van der Waals surface area (Å²) in [5, 5.41) is 9.66. The van der Waals surface area contributed by atoms with E-state index in [0.717, 1.165) is 45.6 Å². The molecular weight excluding hydrogens is 596 g/mol. The normalized spacial score (nSPS) is 13.3. The fourth-order valence-corrected chi connectivity index (χ4v) is 8.22. The molecule has 0 saturated carbocycles. The van der Waals surface area contributed by atoms with Gasteiger partial charge in [0.2, 0.25) is 6.71 Å². The molecule has 0 atom stereocenters. The number of nitriles is 1. The number of hydrogen-bond acceptors (Lipinski definition) is 4. The lowest BCUT2D eigenvalue weighted by atomic mass is 9.30. The van der Waals surface area contributed by atoms with Gasteiger partial charge in [-0.3, -0.25) is 0 Å². The molecule has 0 aromatic heterocycles. The van der Waals surface area contributed by atoms with Crippen molar-refractivity contribution in [2.24, 2.45) is 0 Å². The standard InChI is InChI=1S/C43H27B2N3O/c46-28-29-23-25-32(26-24-29)47-36-20-10-7-17-33(36)44(30-13-3-1-4-14-30)41-38(47)27-40-42-43(41)48(31-15-5-2-6-16-31)37-21-11-8-18-34(37)45(42)35-19-9-12-22-39(35)49-40/h1-27H. The van der Waals surface area contributed by atoms with Gasteiger partial charge in [-0.05, 0) is 81.9 Å². The first-order valence-electron chi connectivity index (χ1n) is 16.7. The molecule has 0 saturated heterocycles. The van der Waals surface area contributed by atoms with Gasteiger partial charge in [0.25, 0.3) is 6.71 Å². The van der Waals surface area contributed by atoms with E-state index < -0.39 is 0 Å². The molecule has 0 amide bonds. The molecule has 4 nitrogen and oxygen atoms in total. The van der Waals surface area contributed by atoms with Crippen molar-refractivity contribution in [3.63, 3.8) is 0 Å². The number of hydrogen-bond donors (Lipinski definition) is 0. The number of anilines is 6. The van der Waals surface area contributed by atoms with E-state index in [1.165, 1.54) is 32.8 Å². The third-order valence-corrected chi connectivity index (χ3v) is 10.2. The fraction of sp³-hybridized carbons (Fsp3) is 0. The Balaban J connectivity index is 1.38. The van der Waals surface area contributed by atoms with Crippen molar-refractivity contribution in [1.29, 1.82) is 5.26 Å². The minimum atomic E-state index is -0.0587. The van der Waals surface area contributed by atoms with Crippen LogP contribution < -0.4 is 47.3 Å². The molecule has 0 spiro atoms. The number of fused-ring (bicyclic) bond motifs is 7. The van der Waals surface area contributed by atoms with E-state index >= 15 is 0 Å². The summed E-state index contributed by atoms with van der Waals surface area (Å²) in [6, 6.07) is 60.1. The zero-order chi connectivity index (χ0) is 32.5. The Hall–Kier alpha value is -6.44. The van der Waals surface area contributed by atoms with E-state index in [1.54, 1.807) is 0 Å². The molecule has 0 unspecified atom stereocenters. The Morgan fingerprint density at radius 2 is 1.04 bits per heavy atom. The van der Waals surface area contributed by atoms with Gasteiger partial charge < -0.3 is 14.5 Å².